The van der Waals surface area contributed by atoms with E-state index in [1.54, 1.807) is 0 Å². The molecular weight excluding hydrogens is 234 g/mol. The number of hydrogen-bond acceptors (Lipinski definition) is 3. The van der Waals surface area contributed by atoms with E-state index in [2.05, 4.69) is 41.2 Å². The fourth-order valence-electron chi connectivity index (χ4n) is 2.93. The zero-order valence-electron chi connectivity index (χ0n) is 12.3. The maximum absolute atomic E-state index is 4.37. The molecule has 2 rings (SSSR count). The van der Waals surface area contributed by atoms with Crippen LogP contribution in [0, 0.1) is 5.92 Å². The molecule has 2 unspecified atom stereocenters. The van der Waals surface area contributed by atoms with Crippen LogP contribution in [0.4, 0.5) is 0 Å². The molecular formula is C16H27N3. The first-order valence-electron chi connectivity index (χ1n) is 7.65. The first kappa shape index (κ1) is 14.5. The van der Waals surface area contributed by atoms with E-state index >= 15 is 0 Å². The molecule has 19 heavy (non-hydrogen) atoms. The Kier molecular flexibility index (Phi) is 5.80. The average Bonchev–Trinajstić information content (AvgIpc) is 2.48. The summed E-state index contributed by atoms with van der Waals surface area (Å²) in [7, 11) is 0. The molecule has 0 radical (unpaired) electrons. The number of nitrogens with zero attached hydrogens (tertiary/aromatic N) is 2. The average molecular weight is 261 g/mol. The third kappa shape index (κ3) is 4.59. The fraction of sp³-hybridized carbons (Fsp3) is 0.688. The molecule has 1 fully saturated rings. The van der Waals surface area contributed by atoms with Gasteiger partial charge in [-0.1, -0.05) is 13.0 Å². The Bertz CT molecular complexity index is 352. The van der Waals surface area contributed by atoms with E-state index < -0.39 is 0 Å². The Morgan fingerprint density at radius 3 is 3.11 bits per heavy atom. The van der Waals surface area contributed by atoms with Gasteiger partial charge in [-0.2, -0.15) is 0 Å². The highest BCUT2D eigenvalue weighted by Gasteiger charge is 2.23. The van der Waals surface area contributed by atoms with Gasteiger partial charge in [0.05, 0.1) is 0 Å². The van der Waals surface area contributed by atoms with E-state index in [4.69, 9.17) is 0 Å². The highest BCUT2D eigenvalue weighted by atomic mass is 15.1. The first-order chi connectivity index (χ1) is 9.29. The molecule has 1 aromatic rings. The molecule has 2 atom stereocenters. The fourth-order valence-corrected chi connectivity index (χ4v) is 2.93. The minimum absolute atomic E-state index is 0.609. The van der Waals surface area contributed by atoms with E-state index in [0.29, 0.717) is 6.04 Å². The molecule has 0 bridgehead atoms. The lowest BCUT2D eigenvalue weighted by atomic mass is 9.91. The Balaban J connectivity index is 1.70. The summed E-state index contributed by atoms with van der Waals surface area (Å²) in [5, 5.41) is 3.68. The third-order valence-corrected chi connectivity index (χ3v) is 4.27. The molecule has 3 nitrogen and oxygen atoms in total. The van der Waals surface area contributed by atoms with Crippen molar-refractivity contribution in [2.45, 2.75) is 39.2 Å². The number of pyridine rings is 1. The van der Waals surface area contributed by atoms with E-state index in [1.807, 2.05) is 12.3 Å². The van der Waals surface area contributed by atoms with Crippen molar-refractivity contribution in [2.24, 2.45) is 5.92 Å². The molecule has 1 aromatic heterocycles. The van der Waals surface area contributed by atoms with Crippen LogP contribution in [-0.4, -0.2) is 42.1 Å². The second-order valence-corrected chi connectivity index (χ2v) is 5.61. The molecule has 0 aliphatic carbocycles. The minimum atomic E-state index is 0.609. The SMILES string of the molecule is CCN1CCCC(C(C)NCCc2ccccn2)C1. The normalized spacial score (nSPS) is 22.3. The molecule has 1 aliphatic rings. The second kappa shape index (κ2) is 7.61. The maximum Gasteiger partial charge on any atom is 0.0416 e. The van der Waals surface area contributed by atoms with Crippen molar-refractivity contribution >= 4 is 0 Å². The van der Waals surface area contributed by atoms with E-state index in [0.717, 1.165) is 18.9 Å². The zero-order valence-corrected chi connectivity index (χ0v) is 12.3. The van der Waals surface area contributed by atoms with Crippen LogP contribution in [0.1, 0.15) is 32.4 Å². The molecule has 1 aliphatic heterocycles. The van der Waals surface area contributed by atoms with Crippen molar-refractivity contribution in [3.8, 4) is 0 Å². The van der Waals surface area contributed by atoms with Gasteiger partial charge in [0.25, 0.3) is 0 Å². The number of nitrogens with one attached hydrogen (secondary N) is 1. The van der Waals surface area contributed by atoms with Crippen molar-refractivity contribution in [3.63, 3.8) is 0 Å². The molecule has 1 N–H and O–H groups in total. The van der Waals surface area contributed by atoms with Gasteiger partial charge in [-0.25, -0.2) is 0 Å². The summed E-state index contributed by atoms with van der Waals surface area (Å²) in [6.45, 7) is 9.36. The minimum Gasteiger partial charge on any atom is -0.314 e. The van der Waals surface area contributed by atoms with Crippen LogP contribution in [-0.2, 0) is 6.42 Å². The maximum atomic E-state index is 4.37. The van der Waals surface area contributed by atoms with E-state index in [-0.39, 0.29) is 0 Å². The van der Waals surface area contributed by atoms with Gasteiger partial charge in [-0.15, -0.1) is 0 Å². The molecule has 1 saturated heterocycles. The summed E-state index contributed by atoms with van der Waals surface area (Å²) in [4.78, 5) is 6.94. The summed E-state index contributed by atoms with van der Waals surface area (Å²) < 4.78 is 0. The predicted octanol–water partition coefficient (Wildman–Crippen LogP) is 2.33. The third-order valence-electron chi connectivity index (χ3n) is 4.27. The van der Waals surface area contributed by atoms with Crippen molar-refractivity contribution in [1.82, 2.24) is 15.2 Å². The summed E-state index contributed by atoms with van der Waals surface area (Å²) in [6.07, 6.45) is 5.62. The molecule has 0 spiro atoms. The van der Waals surface area contributed by atoms with Crippen molar-refractivity contribution in [3.05, 3.63) is 30.1 Å². The second-order valence-electron chi connectivity index (χ2n) is 5.61. The smallest absolute Gasteiger partial charge is 0.0416 e. The van der Waals surface area contributed by atoms with Crippen LogP contribution in [0.3, 0.4) is 0 Å². The van der Waals surface area contributed by atoms with Crippen LogP contribution in [0.15, 0.2) is 24.4 Å². The number of likely N-dealkylation sites (tertiary alicyclic amines) is 1. The summed E-state index contributed by atoms with van der Waals surface area (Å²) >= 11 is 0. The van der Waals surface area contributed by atoms with Gasteiger partial charge in [0.15, 0.2) is 0 Å². The summed E-state index contributed by atoms with van der Waals surface area (Å²) in [5.41, 5.74) is 1.18. The summed E-state index contributed by atoms with van der Waals surface area (Å²) in [5.74, 6) is 0.803. The molecule has 2 heterocycles. The van der Waals surface area contributed by atoms with Gasteiger partial charge in [-0.3, -0.25) is 4.98 Å². The Morgan fingerprint density at radius 2 is 2.37 bits per heavy atom. The number of hydrogen-bond donors (Lipinski definition) is 1. The van der Waals surface area contributed by atoms with Crippen LogP contribution in [0.5, 0.6) is 0 Å². The first-order valence-corrected chi connectivity index (χ1v) is 7.65. The molecule has 0 amide bonds. The molecule has 106 valence electrons. The van der Waals surface area contributed by atoms with E-state index in [9.17, 15) is 0 Å². The van der Waals surface area contributed by atoms with Gasteiger partial charge in [-0.05, 0) is 50.9 Å². The predicted molar refractivity (Wildman–Crippen MR) is 80.2 cm³/mol. The zero-order chi connectivity index (χ0) is 13.5. The topological polar surface area (TPSA) is 28.2 Å². The van der Waals surface area contributed by atoms with Crippen molar-refractivity contribution in [2.75, 3.05) is 26.2 Å². The molecule has 3 heteroatoms. The lowest BCUT2D eigenvalue weighted by molar-refractivity contribution is 0.157. The van der Waals surface area contributed by atoms with Gasteiger partial charge in [0.1, 0.15) is 0 Å². The Hall–Kier alpha value is -0.930. The van der Waals surface area contributed by atoms with Crippen LogP contribution < -0.4 is 5.32 Å². The Labute approximate surface area is 117 Å². The highest BCUT2D eigenvalue weighted by molar-refractivity contribution is 5.03. The van der Waals surface area contributed by atoms with Crippen LogP contribution in [0.25, 0.3) is 0 Å². The number of rotatable bonds is 6. The van der Waals surface area contributed by atoms with Gasteiger partial charge < -0.3 is 10.2 Å². The molecule has 0 saturated carbocycles. The lowest BCUT2D eigenvalue weighted by Crippen LogP contribution is -2.44. The van der Waals surface area contributed by atoms with Crippen molar-refractivity contribution in [1.29, 1.82) is 0 Å². The van der Waals surface area contributed by atoms with Crippen LogP contribution in [0.2, 0.25) is 0 Å². The lowest BCUT2D eigenvalue weighted by Gasteiger charge is -2.35. The van der Waals surface area contributed by atoms with Gasteiger partial charge in [0.2, 0.25) is 0 Å². The quantitative estimate of drug-likeness (QED) is 0.852. The largest absolute Gasteiger partial charge is 0.314 e. The van der Waals surface area contributed by atoms with Gasteiger partial charge in [0, 0.05) is 37.4 Å². The highest BCUT2D eigenvalue weighted by Crippen LogP contribution is 2.19. The number of piperidine rings is 1. The summed E-state index contributed by atoms with van der Waals surface area (Å²) in [6, 6.07) is 6.75. The Morgan fingerprint density at radius 1 is 1.47 bits per heavy atom. The standard InChI is InChI=1S/C16H27N3/c1-3-19-12-6-7-15(13-19)14(2)17-11-9-16-8-4-5-10-18-16/h4-5,8,10,14-15,17H,3,6-7,9,11-13H2,1-2H3. The number of aromatic nitrogens is 1. The monoisotopic (exact) mass is 261 g/mol. The van der Waals surface area contributed by atoms with Gasteiger partial charge >= 0.3 is 0 Å². The van der Waals surface area contributed by atoms with E-state index in [1.165, 1.54) is 38.2 Å². The van der Waals surface area contributed by atoms with Crippen molar-refractivity contribution < 1.29 is 0 Å². The van der Waals surface area contributed by atoms with Crippen LogP contribution >= 0.6 is 0 Å². The molecule has 0 aromatic carbocycles.